The molecule has 0 bridgehead atoms. The number of sulfone groups is 1. The molecule has 0 spiro atoms. The van der Waals surface area contributed by atoms with Crippen LogP contribution in [0.15, 0.2) is 29.2 Å². The highest BCUT2D eigenvalue weighted by atomic mass is 32.2. The van der Waals surface area contributed by atoms with Crippen LogP contribution in [0.1, 0.15) is 31.7 Å². The van der Waals surface area contributed by atoms with Gasteiger partial charge in [0, 0.05) is 6.04 Å². The fourth-order valence-corrected chi connectivity index (χ4v) is 3.12. The molecule has 1 unspecified atom stereocenters. The van der Waals surface area contributed by atoms with Crippen LogP contribution in [-0.2, 0) is 9.84 Å². The molecule has 4 heteroatoms. The van der Waals surface area contributed by atoms with Gasteiger partial charge in [0.05, 0.1) is 10.6 Å². The highest BCUT2D eigenvalue weighted by Crippen LogP contribution is 2.14. The lowest BCUT2D eigenvalue weighted by atomic mass is 10.1. The molecule has 1 aromatic rings. The summed E-state index contributed by atoms with van der Waals surface area (Å²) in [6, 6.07) is 7.53. The van der Waals surface area contributed by atoms with Crippen LogP contribution in [0.4, 0.5) is 0 Å². The molecule has 0 saturated carbocycles. The average molecular weight is 269 g/mol. The Balaban J connectivity index is 2.48. The number of rotatable bonds is 7. The molecular weight excluding hydrogens is 246 g/mol. The van der Waals surface area contributed by atoms with Crippen molar-refractivity contribution < 1.29 is 8.42 Å². The molecule has 1 aromatic carbocycles. The van der Waals surface area contributed by atoms with Crippen LogP contribution in [-0.4, -0.2) is 27.3 Å². The Morgan fingerprint density at radius 3 is 2.33 bits per heavy atom. The van der Waals surface area contributed by atoms with Crippen molar-refractivity contribution in [3.8, 4) is 0 Å². The lowest BCUT2D eigenvalue weighted by Gasteiger charge is -2.09. The van der Waals surface area contributed by atoms with E-state index < -0.39 is 9.84 Å². The zero-order chi connectivity index (χ0) is 13.6. The number of aryl methyl sites for hydroxylation is 1. The summed E-state index contributed by atoms with van der Waals surface area (Å²) in [5.74, 6) is 0.243. The molecule has 18 heavy (non-hydrogen) atoms. The number of nitrogens with one attached hydrogen (secondary N) is 1. The Labute approximate surface area is 111 Å². The second-order valence-corrected chi connectivity index (χ2v) is 6.93. The third kappa shape index (κ3) is 4.78. The molecule has 0 aliphatic heterocycles. The Hall–Kier alpha value is -0.870. The van der Waals surface area contributed by atoms with Crippen LogP contribution in [0.25, 0.3) is 0 Å². The summed E-state index contributed by atoms with van der Waals surface area (Å²) in [5.41, 5.74) is 1.08. The maximum atomic E-state index is 12.0. The number of unbranched alkanes of at least 4 members (excludes halogenated alkanes) is 1. The van der Waals surface area contributed by atoms with Gasteiger partial charge in [-0.25, -0.2) is 8.42 Å². The van der Waals surface area contributed by atoms with E-state index in [1.807, 2.05) is 26.1 Å². The van der Waals surface area contributed by atoms with E-state index in [1.54, 1.807) is 12.1 Å². The SMILES string of the molecule is CNC(C)CCCCS(=O)(=O)c1ccc(C)cc1. The summed E-state index contributed by atoms with van der Waals surface area (Å²) in [7, 11) is -1.18. The van der Waals surface area contributed by atoms with Gasteiger partial charge in [0.15, 0.2) is 9.84 Å². The molecule has 0 saturated heterocycles. The Morgan fingerprint density at radius 2 is 1.78 bits per heavy atom. The van der Waals surface area contributed by atoms with Gasteiger partial charge in [-0.2, -0.15) is 0 Å². The summed E-state index contributed by atoms with van der Waals surface area (Å²) in [6.45, 7) is 4.06. The molecule has 102 valence electrons. The fraction of sp³-hybridized carbons (Fsp3) is 0.571. The summed E-state index contributed by atoms with van der Waals surface area (Å²) >= 11 is 0. The van der Waals surface area contributed by atoms with Crippen LogP contribution in [0.3, 0.4) is 0 Å². The Morgan fingerprint density at radius 1 is 1.17 bits per heavy atom. The molecule has 0 aliphatic carbocycles. The molecule has 0 fully saturated rings. The summed E-state index contributed by atoms with van der Waals surface area (Å²) in [4.78, 5) is 0.440. The molecule has 1 atom stereocenters. The summed E-state index contributed by atoms with van der Waals surface area (Å²) in [5, 5.41) is 3.15. The van der Waals surface area contributed by atoms with Gasteiger partial charge in [-0.1, -0.05) is 24.1 Å². The Bertz CT molecular complexity index is 451. The molecule has 0 amide bonds. The van der Waals surface area contributed by atoms with Crippen LogP contribution in [0.5, 0.6) is 0 Å². The first-order chi connectivity index (χ1) is 8.45. The van der Waals surface area contributed by atoms with Gasteiger partial charge in [-0.05, 0) is 45.9 Å². The predicted molar refractivity (Wildman–Crippen MR) is 75.6 cm³/mol. The molecule has 3 nitrogen and oxygen atoms in total. The number of hydrogen-bond acceptors (Lipinski definition) is 3. The normalized spacial score (nSPS) is 13.5. The van der Waals surface area contributed by atoms with Crippen molar-refractivity contribution in [2.45, 2.75) is 44.0 Å². The minimum Gasteiger partial charge on any atom is -0.317 e. The van der Waals surface area contributed by atoms with Gasteiger partial charge in [-0.15, -0.1) is 0 Å². The van der Waals surface area contributed by atoms with Crippen LogP contribution >= 0.6 is 0 Å². The largest absolute Gasteiger partial charge is 0.317 e. The van der Waals surface area contributed by atoms with Crippen molar-refractivity contribution >= 4 is 9.84 Å². The fourth-order valence-electron chi connectivity index (χ4n) is 1.75. The van der Waals surface area contributed by atoms with Gasteiger partial charge >= 0.3 is 0 Å². The molecular formula is C14H23NO2S. The van der Waals surface area contributed by atoms with Crippen molar-refractivity contribution in [1.82, 2.24) is 5.32 Å². The molecule has 0 heterocycles. The lowest BCUT2D eigenvalue weighted by molar-refractivity contribution is 0.533. The summed E-state index contributed by atoms with van der Waals surface area (Å²) in [6.07, 6.45) is 2.68. The second kappa shape index (κ2) is 6.90. The number of benzene rings is 1. The first kappa shape index (κ1) is 15.2. The highest BCUT2D eigenvalue weighted by Gasteiger charge is 2.13. The predicted octanol–water partition coefficient (Wildman–Crippen LogP) is 2.55. The Kier molecular flexibility index (Phi) is 5.82. The quantitative estimate of drug-likeness (QED) is 0.774. The van der Waals surface area contributed by atoms with Gasteiger partial charge in [0.1, 0.15) is 0 Å². The van der Waals surface area contributed by atoms with E-state index in [4.69, 9.17) is 0 Å². The maximum absolute atomic E-state index is 12.0. The molecule has 1 N–H and O–H groups in total. The molecule has 0 radical (unpaired) electrons. The maximum Gasteiger partial charge on any atom is 0.178 e. The van der Waals surface area contributed by atoms with Crippen molar-refractivity contribution in [2.24, 2.45) is 0 Å². The highest BCUT2D eigenvalue weighted by molar-refractivity contribution is 7.91. The van der Waals surface area contributed by atoms with E-state index in [0.29, 0.717) is 10.9 Å². The molecule has 1 rings (SSSR count). The van der Waals surface area contributed by atoms with Gasteiger partial charge in [-0.3, -0.25) is 0 Å². The third-order valence-corrected chi connectivity index (χ3v) is 4.99. The van der Waals surface area contributed by atoms with Crippen LogP contribution in [0, 0.1) is 6.92 Å². The zero-order valence-electron chi connectivity index (χ0n) is 11.4. The standard InChI is InChI=1S/C14H23NO2S/c1-12-7-9-14(10-8-12)18(16,17)11-5-4-6-13(2)15-3/h7-10,13,15H,4-6,11H2,1-3H3. The van der Waals surface area contributed by atoms with E-state index in [2.05, 4.69) is 12.2 Å². The van der Waals surface area contributed by atoms with E-state index in [-0.39, 0.29) is 5.75 Å². The first-order valence-corrected chi connectivity index (χ1v) is 8.07. The van der Waals surface area contributed by atoms with Gasteiger partial charge < -0.3 is 5.32 Å². The van der Waals surface area contributed by atoms with Crippen LogP contribution in [0.2, 0.25) is 0 Å². The van der Waals surface area contributed by atoms with E-state index in [1.165, 1.54) is 0 Å². The lowest BCUT2D eigenvalue weighted by Crippen LogP contribution is -2.21. The van der Waals surface area contributed by atoms with Crippen molar-refractivity contribution in [3.05, 3.63) is 29.8 Å². The second-order valence-electron chi connectivity index (χ2n) is 4.82. The smallest absolute Gasteiger partial charge is 0.178 e. The summed E-state index contributed by atoms with van der Waals surface area (Å²) < 4.78 is 24.1. The van der Waals surface area contributed by atoms with Crippen molar-refractivity contribution in [2.75, 3.05) is 12.8 Å². The van der Waals surface area contributed by atoms with Crippen molar-refractivity contribution in [1.29, 1.82) is 0 Å². The third-order valence-electron chi connectivity index (χ3n) is 3.17. The van der Waals surface area contributed by atoms with Gasteiger partial charge in [0.25, 0.3) is 0 Å². The minimum absolute atomic E-state index is 0.243. The number of hydrogen-bond donors (Lipinski definition) is 1. The topological polar surface area (TPSA) is 46.2 Å². The van der Waals surface area contributed by atoms with E-state index >= 15 is 0 Å². The molecule has 0 aliphatic rings. The monoisotopic (exact) mass is 269 g/mol. The van der Waals surface area contributed by atoms with E-state index in [0.717, 1.165) is 24.8 Å². The zero-order valence-corrected chi connectivity index (χ0v) is 12.3. The minimum atomic E-state index is -3.10. The van der Waals surface area contributed by atoms with Gasteiger partial charge in [0.2, 0.25) is 0 Å². The first-order valence-electron chi connectivity index (χ1n) is 6.42. The average Bonchev–Trinajstić information content (AvgIpc) is 2.35. The van der Waals surface area contributed by atoms with Crippen LogP contribution < -0.4 is 5.32 Å². The molecule has 0 aromatic heterocycles. The van der Waals surface area contributed by atoms with Crippen molar-refractivity contribution in [3.63, 3.8) is 0 Å². The van der Waals surface area contributed by atoms with E-state index in [9.17, 15) is 8.42 Å².